The number of carbonyl (C=O) groups is 1. The molecule has 128 valence electrons. The van der Waals surface area contributed by atoms with Gasteiger partial charge in [0.1, 0.15) is 11.6 Å². The van der Waals surface area contributed by atoms with Crippen LogP contribution in [0, 0.1) is 11.3 Å². The number of benzene rings is 2. The van der Waals surface area contributed by atoms with E-state index in [1.54, 1.807) is 6.08 Å². The summed E-state index contributed by atoms with van der Waals surface area (Å²) in [6.45, 7) is 2.07. The van der Waals surface area contributed by atoms with E-state index >= 15 is 0 Å². The lowest BCUT2D eigenvalue weighted by Gasteiger charge is -2.14. The zero-order valence-electron chi connectivity index (χ0n) is 14.5. The second-order valence-electron chi connectivity index (χ2n) is 5.78. The molecule has 0 aliphatic rings. The van der Waals surface area contributed by atoms with Crippen molar-refractivity contribution in [2.75, 3.05) is 24.3 Å². The summed E-state index contributed by atoms with van der Waals surface area (Å²) >= 11 is 3.51. The minimum atomic E-state index is -0.417. The van der Waals surface area contributed by atoms with Crippen molar-refractivity contribution in [2.45, 2.75) is 13.3 Å². The summed E-state index contributed by atoms with van der Waals surface area (Å²) in [6.07, 6.45) is 2.52. The lowest BCUT2D eigenvalue weighted by molar-refractivity contribution is -0.112. The van der Waals surface area contributed by atoms with E-state index in [9.17, 15) is 10.1 Å². The van der Waals surface area contributed by atoms with Crippen LogP contribution in [-0.2, 0) is 11.2 Å². The van der Waals surface area contributed by atoms with Crippen molar-refractivity contribution in [3.63, 3.8) is 0 Å². The van der Waals surface area contributed by atoms with Crippen LogP contribution in [0.1, 0.15) is 18.1 Å². The third kappa shape index (κ3) is 4.94. The largest absolute Gasteiger partial charge is 0.377 e. The average molecular weight is 398 g/mol. The maximum absolute atomic E-state index is 12.3. The zero-order valence-corrected chi connectivity index (χ0v) is 16.1. The monoisotopic (exact) mass is 397 g/mol. The maximum Gasteiger partial charge on any atom is 0.266 e. The van der Waals surface area contributed by atoms with Gasteiger partial charge in [-0.3, -0.25) is 4.79 Å². The fourth-order valence-electron chi connectivity index (χ4n) is 2.31. The van der Waals surface area contributed by atoms with Gasteiger partial charge in [0.05, 0.1) is 5.69 Å². The van der Waals surface area contributed by atoms with Gasteiger partial charge in [-0.1, -0.05) is 25.1 Å². The van der Waals surface area contributed by atoms with Gasteiger partial charge in [0.15, 0.2) is 0 Å². The predicted octanol–water partition coefficient (Wildman–Crippen LogP) is 4.62. The van der Waals surface area contributed by atoms with Gasteiger partial charge in [-0.25, -0.2) is 0 Å². The fourth-order valence-corrected chi connectivity index (χ4v) is 3.06. The molecule has 2 rings (SSSR count). The molecule has 0 bridgehead atoms. The standard InChI is InChI=1S/C20H20BrN3O/c1-4-14-5-8-17(9-6-14)23-20(25)16(13-22)11-15-7-10-19(24(2)3)18(21)12-15/h5-12H,4H2,1-3H3,(H,23,25)/b16-11-. The molecule has 0 radical (unpaired) electrons. The number of anilines is 2. The number of hydrogen-bond donors (Lipinski definition) is 1. The van der Waals surface area contributed by atoms with Crippen molar-refractivity contribution in [2.24, 2.45) is 0 Å². The molecular weight excluding hydrogens is 378 g/mol. The Kier molecular flexibility index (Phi) is 6.37. The number of halogens is 1. The van der Waals surface area contributed by atoms with Gasteiger partial charge in [0, 0.05) is 24.3 Å². The Hall–Kier alpha value is -2.58. The van der Waals surface area contributed by atoms with Crippen LogP contribution < -0.4 is 10.2 Å². The molecule has 0 aliphatic heterocycles. The Morgan fingerprint density at radius 3 is 2.44 bits per heavy atom. The van der Waals surface area contributed by atoms with Crippen molar-refractivity contribution in [3.05, 3.63) is 63.6 Å². The second kappa shape index (κ2) is 8.50. The third-order valence-corrected chi connectivity index (χ3v) is 4.38. The molecular formula is C20H20BrN3O. The number of hydrogen-bond acceptors (Lipinski definition) is 3. The molecule has 0 unspecified atom stereocenters. The Labute approximate surface area is 156 Å². The first-order chi connectivity index (χ1) is 11.9. The molecule has 0 saturated heterocycles. The van der Waals surface area contributed by atoms with Crippen LogP contribution in [0.2, 0.25) is 0 Å². The SMILES string of the molecule is CCc1ccc(NC(=O)/C(C#N)=C\c2ccc(N(C)C)c(Br)c2)cc1. The molecule has 0 heterocycles. The van der Waals surface area contributed by atoms with E-state index in [2.05, 4.69) is 28.2 Å². The van der Waals surface area contributed by atoms with Gasteiger partial charge in [-0.15, -0.1) is 0 Å². The summed E-state index contributed by atoms with van der Waals surface area (Å²) < 4.78 is 0.902. The first-order valence-corrected chi connectivity index (χ1v) is 8.73. The Morgan fingerprint density at radius 2 is 1.92 bits per heavy atom. The van der Waals surface area contributed by atoms with E-state index < -0.39 is 5.91 Å². The van der Waals surface area contributed by atoms with Crippen LogP contribution in [0.4, 0.5) is 11.4 Å². The Bertz CT molecular complexity index is 833. The van der Waals surface area contributed by atoms with E-state index in [4.69, 9.17) is 0 Å². The van der Waals surface area contributed by atoms with Gasteiger partial charge in [0.2, 0.25) is 0 Å². The molecule has 4 nitrogen and oxygen atoms in total. The highest BCUT2D eigenvalue weighted by molar-refractivity contribution is 9.10. The highest BCUT2D eigenvalue weighted by atomic mass is 79.9. The normalized spacial score (nSPS) is 10.9. The molecule has 0 atom stereocenters. The van der Waals surface area contributed by atoms with Crippen molar-refractivity contribution in [1.82, 2.24) is 0 Å². The van der Waals surface area contributed by atoms with Gasteiger partial charge < -0.3 is 10.2 Å². The number of rotatable bonds is 5. The van der Waals surface area contributed by atoms with Crippen LogP contribution in [0.25, 0.3) is 6.08 Å². The summed E-state index contributed by atoms with van der Waals surface area (Å²) in [5.41, 5.74) is 3.73. The minimum Gasteiger partial charge on any atom is -0.377 e. The van der Waals surface area contributed by atoms with Gasteiger partial charge in [-0.2, -0.15) is 5.26 Å². The number of carbonyl (C=O) groups excluding carboxylic acids is 1. The molecule has 2 aromatic rings. The number of nitriles is 1. The molecule has 1 amide bonds. The van der Waals surface area contributed by atoms with Crippen molar-refractivity contribution in [3.8, 4) is 6.07 Å². The maximum atomic E-state index is 12.3. The van der Waals surface area contributed by atoms with Crippen molar-refractivity contribution in [1.29, 1.82) is 5.26 Å². The summed E-state index contributed by atoms with van der Waals surface area (Å²) in [4.78, 5) is 14.3. The van der Waals surface area contributed by atoms with Crippen molar-refractivity contribution >= 4 is 39.3 Å². The second-order valence-corrected chi connectivity index (χ2v) is 6.63. The van der Waals surface area contributed by atoms with Gasteiger partial charge >= 0.3 is 0 Å². The highest BCUT2D eigenvalue weighted by Crippen LogP contribution is 2.26. The lowest BCUT2D eigenvalue weighted by atomic mass is 10.1. The van der Waals surface area contributed by atoms with Crippen LogP contribution >= 0.6 is 15.9 Å². The minimum absolute atomic E-state index is 0.0593. The van der Waals surface area contributed by atoms with Crippen LogP contribution in [0.15, 0.2) is 52.5 Å². The van der Waals surface area contributed by atoms with Crippen LogP contribution in [0.5, 0.6) is 0 Å². The summed E-state index contributed by atoms with van der Waals surface area (Å²) in [6, 6.07) is 15.3. The highest BCUT2D eigenvalue weighted by Gasteiger charge is 2.10. The zero-order chi connectivity index (χ0) is 18.4. The first kappa shape index (κ1) is 18.8. The number of amides is 1. The number of aryl methyl sites for hydroxylation is 1. The first-order valence-electron chi connectivity index (χ1n) is 7.93. The molecule has 25 heavy (non-hydrogen) atoms. The lowest BCUT2D eigenvalue weighted by Crippen LogP contribution is -2.13. The molecule has 2 aromatic carbocycles. The molecule has 0 fully saturated rings. The quantitative estimate of drug-likeness (QED) is 0.591. The van der Waals surface area contributed by atoms with E-state index in [1.165, 1.54) is 5.56 Å². The van der Waals surface area contributed by atoms with E-state index in [0.717, 1.165) is 22.1 Å². The molecule has 0 aromatic heterocycles. The molecule has 0 saturated carbocycles. The molecule has 1 N–H and O–H groups in total. The topological polar surface area (TPSA) is 56.1 Å². The molecule has 0 spiro atoms. The summed E-state index contributed by atoms with van der Waals surface area (Å²) in [5, 5.41) is 12.1. The Balaban J connectivity index is 2.20. The summed E-state index contributed by atoms with van der Waals surface area (Å²) in [5.74, 6) is -0.417. The Morgan fingerprint density at radius 1 is 1.24 bits per heavy atom. The third-order valence-electron chi connectivity index (χ3n) is 3.75. The van der Waals surface area contributed by atoms with E-state index in [-0.39, 0.29) is 5.57 Å². The predicted molar refractivity (Wildman–Crippen MR) is 107 cm³/mol. The summed E-state index contributed by atoms with van der Waals surface area (Å²) in [7, 11) is 3.90. The van der Waals surface area contributed by atoms with E-state index in [0.29, 0.717) is 5.69 Å². The fraction of sp³-hybridized carbons (Fsp3) is 0.200. The molecule has 5 heteroatoms. The molecule has 0 aliphatic carbocycles. The van der Waals surface area contributed by atoms with Crippen LogP contribution in [0.3, 0.4) is 0 Å². The smallest absolute Gasteiger partial charge is 0.266 e. The number of nitrogens with one attached hydrogen (secondary N) is 1. The van der Waals surface area contributed by atoms with Crippen LogP contribution in [-0.4, -0.2) is 20.0 Å². The van der Waals surface area contributed by atoms with Gasteiger partial charge in [-0.05, 0) is 63.8 Å². The number of nitrogens with zero attached hydrogens (tertiary/aromatic N) is 2. The van der Waals surface area contributed by atoms with E-state index in [1.807, 2.05) is 67.5 Å². The average Bonchev–Trinajstić information content (AvgIpc) is 2.60. The van der Waals surface area contributed by atoms with Crippen molar-refractivity contribution < 1.29 is 4.79 Å². The van der Waals surface area contributed by atoms with Gasteiger partial charge in [0.25, 0.3) is 5.91 Å².